The number of hydrogen-bond donors (Lipinski definition) is 4. The topological polar surface area (TPSA) is 108 Å². The van der Waals surface area contributed by atoms with Gasteiger partial charge in [-0.1, -0.05) is 12.1 Å². The minimum absolute atomic E-state index is 0.0129. The summed E-state index contributed by atoms with van der Waals surface area (Å²) in [5.41, 5.74) is 4.87. The SMILES string of the molecule is CC1CC(C(=O)NC2CCC(O)CC2)(C(N)=NO)C1. The normalized spacial score (nSPS) is 39.5. The summed E-state index contributed by atoms with van der Waals surface area (Å²) in [6.07, 6.45) is 4.03. The van der Waals surface area contributed by atoms with Gasteiger partial charge in [0.25, 0.3) is 0 Å². The van der Waals surface area contributed by atoms with Gasteiger partial charge in [0.2, 0.25) is 5.91 Å². The first-order valence-corrected chi connectivity index (χ1v) is 6.95. The molecule has 0 aromatic heterocycles. The number of rotatable bonds is 3. The zero-order valence-electron chi connectivity index (χ0n) is 11.3. The Bertz CT molecular complexity index is 369. The summed E-state index contributed by atoms with van der Waals surface area (Å²) in [7, 11) is 0. The smallest absolute Gasteiger partial charge is 0.234 e. The Morgan fingerprint density at radius 1 is 1.32 bits per heavy atom. The fourth-order valence-corrected chi connectivity index (χ4v) is 3.28. The Morgan fingerprint density at radius 2 is 1.89 bits per heavy atom. The van der Waals surface area contributed by atoms with Gasteiger partial charge >= 0.3 is 0 Å². The Balaban J connectivity index is 1.98. The molecule has 0 saturated heterocycles. The second-order valence-electron chi connectivity index (χ2n) is 6.06. The van der Waals surface area contributed by atoms with Crippen LogP contribution in [0.3, 0.4) is 0 Å². The number of aliphatic hydroxyl groups excluding tert-OH is 1. The molecule has 2 aliphatic carbocycles. The first-order valence-electron chi connectivity index (χ1n) is 6.95. The number of oxime groups is 1. The highest BCUT2D eigenvalue weighted by Crippen LogP contribution is 2.46. The van der Waals surface area contributed by atoms with E-state index in [1.165, 1.54) is 0 Å². The van der Waals surface area contributed by atoms with Crippen molar-refractivity contribution in [3.63, 3.8) is 0 Å². The average molecular weight is 269 g/mol. The van der Waals surface area contributed by atoms with Crippen LogP contribution in [-0.2, 0) is 4.79 Å². The largest absolute Gasteiger partial charge is 0.409 e. The molecular weight excluding hydrogens is 246 g/mol. The number of carbonyl (C=O) groups is 1. The molecule has 0 aliphatic heterocycles. The molecule has 0 unspecified atom stereocenters. The highest BCUT2D eigenvalue weighted by Gasteiger charge is 2.52. The number of nitrogens with zero attached hydrogens (tertiary/aromatic N) is 1. The van der Waals surface area contributed by atoms with Gasteiger partial charge in [-0.25, -0.2) is 0 Å². The van der Waals surface area contributed by atoms with Crippen LogP contribution in [0.25, 0.3) is 0 Å². The molecule has 2 rings (SSSR count). The van der Waals surface area contributed by atoms with Crippen LogP contribution in [0, 0.1) is 11.3 Å². The van der Waals surface area contributed by atoms with Gasteiger partial charge in [-0.05, 0) is 44.4 Å². The van der Waals surface area contributed by atoms with Gasteiger partial charge < -0.3 is 21.4 Å². The fraction of sp³-hybridized carbons (Fsp3) is 0.846. The number of nitrogens with two attached hydrogens (primary N) is 1. The summed E-state index contributed by atoms with van der Waals surface area (Å²) >= 11 is 0. The third-order valence-electron chi connectivity index (χ3n) is 4.46. The molecule has 6 heteroatoms. The number of carbonyl (C=O) groups excluding carboxylic acids is 1. The molecule has 5 N–H and O–H groups in total. The maximum absolute atomic E-state index is 12.4. The Labute approximate surface area is 113 Å². The van der Waals surface area contributed by atoms with Gasteiger partial charge in [-0.15, -0.1) is 0 Å². The molecule has 0 aromatic carbocycles. The average Bonchev–Trinajstić information content (AvgIpc) is 2.36. The molecular formula is C13H23N3O3. The number of nitrogens with one attached hydrogen (secondary N) is 1. The second-order valence-corrected chi connectivity index (χ2v) is 6.06. The van der Waals surface area contributed by atoms with Gasteiger partial charge in [0, 0.05) is 6.04 Å². The molecule has 0 radical (unpaired) electrons. The molecule has 2 aliphatic rings. The summed E-state index contributed by atoms with van der Waals surface area (Å²) in [5, 5.41) is 24.3. The van der Waals surface area contributed by atoms with Crippen LogP contribution in [-0.4, -0.2) is 34.2 Å². The predicted molar refractivity (Wildman–Crippen MR) is 70.6 cm³/mol. The van der Waals surface area contributed by atoms with E-state index < -0.39 is 5.41 Å². The fourth-order valence-electron chi connectivity index (χ4n) is 3.28. The Hall–Kier alpha value is -1.30. The van der Waals surface area contributed by atoms with Crippen molar-refractivity contribution in [3.8, 4) is 0 Å². The van der Waals surface area contributed by atoms with E-state index in [0.29, 0.717) is 18.8 Å². The first-order chi connectivity index (χ1) is 8.98. The van der Waals surface area contributed by atoms with Crippen molar-refractivity contribution < 1.29 is 15.1 Å². The lowest BCUT2D eigenvalue weighted by Gasteiger charge is -2.44. The predicted octanol–water partition coefficient (Wildman–Crippen LogP) is 0.569. The van der Waals surface area contributed by atoms with Crippen molar-refractivity contribution in [2.75, 3.05) is 0 Å². The number of hydrogen-bond acceptors (Lipinski definition) is 4. The van der Waals surface area contributed by atoms with E-state index in [1.54, 1.807) is 0 Å². The first kappa shape index (κ1) is 14.1. The summed E-state index contributed by atoms with van der Waals surface area (Å²) in [6, 6.07) is 0.0928. The van der Waals surface area contributed by atoms with E-state index in [9.17, 15) is 9.90 Å². The second kappa shape index (κ2) is 5.36. The number of amides is 1. The maximum Gasteiger partial charge on any atom is 0.234 e. The van der Waals surface area contributed by atoms with E-state index >= 15 is 0 Å². The van der Waals surface area contributed by atoms with Crippen LogP contribution in [0.4, 0.5) is 0 Å². The lowest BCUT2D eigenvalue weighted by Crippen LogP contribution is -2.58. The van der Waals surface area contributed by atoms with Gasteiger partial charge in [-0.2, -0.15) is 0 Å². The maximum atomic E-state index is 12.4. The summed E-state index contributed by atoms with van der Waals surface area (Å²) in [5.74, 6) is 0.292. The lowest BCUT2D eigenvalue weighted by atomic mass is 9.61. The van der Waals surface area contributed by atoms with Crippen LogP contribution in [0.5, 0.6) is 0 Å². The van der Waals surface area contributed by atoms with Crippen molar-refractivity contribution in [1.29, 1.82) is 0 Å². The molecule has 2 fully saturated rings. The molecule has 19 heavy (non-hydrogen) atoms. The van der Waals surface area contributed by atoms with Crippen molar-refractivity contribution >= 4 is 11.7 Å². The minimum Gasteiger partial charge on any atom is -0.409 e. The van der Waals surface area contributed by atoms with E-state index in [4.69, 9.17) is 10.9 Å². The molecule has 0 bridgehead atoms. The van der Waals surface area contributed by atoms with E-state index in [-0.39, 0.29) is 23.9 Å². The van der Waals surface area contributed by atoms with E-state index in [1.807, 2.05) is 6.92 Å². The van der Waals surface area contributed by atoms with Gasteiger partial charge in [-0.3, -0.25) is 4.79 Å². The van der Waals surface area contributed by atoms with Gasteiger partial charge in [0.1, 0.15) is 5.41 Å². The molecule has 0 heterocycles. The van der Waals surface area contributed by atoms with E-state index in [0.717, 1.165) is 25.7 Å². The standard InChI is InChI=1S/C13H23N3O3/c1-8-6-13(7-8,11(14)16-19)12(18)15-9-2-4-10(17)5-3-9/h8-10,17,19H,2-7H2,1H3,(H2,14,16)(H,15,18). The van der Waals surface area contributed by atoms with Crippen LogP contribution < -0.4 is 11.1 Å². The van der Waals surface area contributed by atoms with Crippen molar-refractivity contribution in [1.82, 2.24) is 5.32 Å². The van der Waals surface area contributed by atoms with Crippen LogP contribution in [0.15, 0.2) is 5.16 Å². The molecule has 0 atom stereocenters. The number of amidine groups is 1. The lowest BCUT2D eigenvalue weighted by molar-refractivity contribution is -0.134. The Kier molecular flexibility index (Phi) is 3.99. The summed E-state index contributed by atoms with van der Waals surface area (Å²) < 4.78 is 0. The van der Waals surface area contributed by atoms with Crippen LogP contribution in [0.1, 0.15) is 45.4 Å². The number of aliphatic hydroxyl groups is 1. The molecule has 1 amide bonds. The minimum atomic E-state index is -0.829. The van der Waals surface area contributed by atoms with Crippen molar-refractivity contribution in [3.05, 3.63) is 0 Å². The molecule has 0 aromatic rings. The van der Waals surface area contributed by atoms with Crippen molar-refractivity contribution in [2.24, 2.45) is 22.2 Å². The molecule has 6 nitrogen and oxygen atoms in total. The van der Waals surface area contributed by atoms with E-state index in [2.05, 4.69) is 10.5 Å². The summed E-state index contributed by atoms with van der Waals surface area (Å²) in [4.78, 5) is 12.4. The zero-order chi connectivity index (χ0) is 14.0. The van der Waals surface area contributed by atoms with Crippen LogP contribution in [0.2, 0.25) is 0 Å². The third kappa shape index (κ3) is 2.68. The molecule has 108 valence electrons. The quantitative estimate of drug-likeness (QED) is 0.260. The Morgan fingerprint density at radius 3 is 2.37 bits per heavy atom. The van der Waals surface area contributed by atoms with Gasteiger partial charge in [0.05, 0.1) is 6.10 Å². The van der Waals surface area contributed by atoms with Crippen LogP contribution >= 0.6 is 0 Å². The monoisotopic (exact) mass is 269 g/mol. The highest BCUT2D eigenvalue weighted by atomic mass is 16.4. The molecule has 2 saturated carbocycles. The third-order valence-corrected chi connectivity index (χ3v) is 4.46. The zero-order valence-corrected chi connectivity index (χ0v) is 11.3. The van der Waals surface area contributed by atoms with Gasteiger partial charge in [0.15, 0.2) is 5.84 Å². The van der Waals surface area contributed by atoms with Crippen molar-refractivity contribution in [2.45, 2.75) is 57.6 Å². The molecule has 0 spiro atoms. The summed E-state index contributed by atoms with van der Waals surface area (Å²) in [6.45, 7) is 2.05. The highest BCUT2D eigenvalue weighted by molar-refractivity contribution is 6.07.